The first-order valence-corrected chi connectivity index (χ1v) is 12.6. The normalized spacial score (nSPS) is 17.1. The number of ether oxygens (including phenoxy) is 1. The van der Waals surface area contributed by atoms with E-state index in [9.17, 15) is 20.0 Å². The van der Waals surface area contributed by atoms with Crippen molar-refractivity contribution in [3.63, 3.8) is 0 Å². The van der Waals surface area contributed by atoms with Gasteiger partial charge in [0.25, 0.3) is 11.7 Å². The highest BCUT2D eigenvalue weighted by Crippen LogP contribution is 2.43. The topological polar surface area (TPSA) is 90.6 Å². The molecule has 1 fully saturated rings. The van der Waals surface area contributed by atoms with Gasteiger partial charge in [-0.1, -0.05) is 45.0 Å². The van der Waals surface area contributed by atoms with Gasteiger partial charge >= 0.3 is 0 Å². The molecule has 1 atom stereocenters. The van der Waals surface area contributed by atoms with Gasteiger partial charge in [-0.15, -0.1) is 0 Å². The van der Waals surface area contributed by atoms with Crippen molar-refractivity contribution in [2.24, 2.45) is 0 Å². The molecule has 6 heteroatoms. The molecular weight excluding hydrogens is 476 g/mol. The minimum absolute atomic E-state index is 0.00946. The summed E-state index contributed by atoms with van der Waals surface area (Å²) in [7, 11) is 0. The van der Waals surface area contributed by atoms with E-state index in [-0.39, 0.29) is 22.9 Å². The van der Waals surface area contributed by atoms with Crippen LogP contribution >= 0.6 is 0 Å². The second-order valence-corrected chi connectivity index (χ2v) is 10.8. The fourth-order valence-electron chi connectivity index (χ4n) is 4.63. The van der Waals surface area contributed by atoms with E-state index >= 15 is 0 Å². The smallest absolute Gasteiger partial charge is 0.300 e. The molecule has 1 saturated heterocycles. The first-order chi connectivity index (χ1) is 17.9. The van der Waals surface area contributed by atoms with E-state index in [0.29, 0.717) is 28.1 Å². The molecule has 1 aliphatic rings. The number of aryl methyl sites for hydroxylation is 1. The average Bonchev–Trinajstić information content (AvgIpc) is 3.13. The largest absolute Gasteiger partial charge is 0.507 e. The van der Waals surface area contributed by atoms with Crippen molar-refractivity contribution in [1.82, 2.24) is 0 Å². The van der Waals surface area contributed by atoms with Crippen LogP contribution in [0.25, 0.3) is 5.76 Å². The van der Waals surface area contributed by atoms with Crippen LogP contribution in [0, 0.1) is 18.3 Å². The van der Waals surface area contributed by atoms with E-state index in [1.54, 1.807) is 36.4 Å². The van der Waals surface area contributed by atoms with Crippen LogP contribution in [0.1, 0.15) is 68.5 Å². The zero-order valence-corrected chi connectivity index (χ0v) is 22.6. The van der Waals surface area contributed by atoms with Crippen LogP contribution in [0.15, 0.2) is 72.3 Å². The van der Waals surface area contributed by atoms with E-state index in [4.69, 9.17) is 4.74 Å². The van der Waals surface area contributed by atoms with Crippen molar-refractivity contribution in [2.75, 3.05) is 4.90 Å². The Bertz CT molecular complexity index is 1470. The third-order valence-corrected chi connectivity index (χ3v) is 6.62. The first kappa shape index (κ1) is 26.7. The lowest BCUT2D eigenvalue weighted by Gasteiger charge is -2.26. The lowest BCUT2D eigenvalue weighted by molar-refractivity contribution is -0.132. The third kappa shape index (κ3) is 5.05. The molecular formula is C32H32N2O4. The molecule has 1 N–H and O–H groups in total. The molecule has 0 spiro atoms. The lowest BCUT2D eigenvalue weighted by atomic mass is 9.84. The molecule has 1 aliphatic heterocycles. The summed E-state index contributed by atoms with van der Waals surface area (Å²) in [5, 5.41) is 20.9. The summed E-state index contributed by atoms with van der Waals surface area (Å²) in [6, 6.07) is 20.7. The van der Waals surface area contributed by atoms with E-state index in [0.717, 1.165) is 11.1 Å². The Hall–Kier alpha value is -4.37. The number of rotatable bonds is 5. The minimum atomic E-state index is -0.892. The van der Waals surface area contributed by atoms with Crippen LogP contribution in [0.2, 0.25) is 0 Å². The van der Waals surface area contributed by atoms with Crippen LogP contribution < -0.4 is 9.64 Å². The highest BCUT2D eigenvalue weighted by atomic mass is 16.5. The van der Waals surface area contributed by atoms with Crippen molar-refractivity contribution in [3.05, 3.63) is 100 Å². The molecule has 1 unspecified atom stereocenters. The SMILES string of the molecule is Cc1ccc(C(C)(C)C)cc1/C(O)=C1\C(=O)C(=O)N(c2ccc(C#N)cc2)C1c1cccc(OC(C)C)c1. The average molecular weight is 509 g/mol. The summed E-state index contributed by atoms with van der Waals surface area (Å²) in [6.07, 6.45) is -0.0714. The van der Waals surface area contributed by atoms with Crippen LogP contribution in [0.4, 0.5) is 5.69 Å². The monoisotopic (exact) mass is 508 g/mol. The molecule has 4 rings (SSSR count). The number of nitriles is 1. The highest BCUT2D eigenvalue weighted by molar-refractivity contribution is 6.51. The van der Waals surface area contributed by atoms with Crippen molar-refractivity contribution in [1.29, 1.82) is 5.26 Å². The number of aliphatic hydroxyl groups excluding tert-OH is 1. The molecule has 0 bridgehead atoms. The molecule has 1 amide bonds. The number of amides is 1. The standard InChI is InChI=1S/C32H32N2O4/c1-19(2)38-25-9-7-8-22(16-25)28-27(29(35)26-17-23(32(4,5)6)13-10-20(26)3)30(36)31(37)34(28)24-14-11-21(18-33)12-15-24/h7-17,19,28,35H,1-6H3/b29-27+. The molecule has 6 nitrogen and oxygen atoms in total. The van der Waals surface area contributed by atoms with Gasteiger partial charge in [-0.05, 0) is 85.3 Å². The van der Waals surface area contributed by atoms with E-state index in [1.165, 1.54) is 4.90 Å². The van der Waals surface area contributed by atoms with Crippen molar-refractivity contribution < 1.29 is 19.4 Å². The van der Waals surface area contributed by atoms with Crippen LogP contribution in [0.5, 0.6) is 5.75 Å². The second kappa shape index (κ2) is 10.2. The fraction of sp³-hybridized carbons (Fsp3) is 0.281. The van der Waals surface area contributed by atoms with Gasteiger partial charge in [-0.2, -0.15) is 5.26 Å². The van der Waals surface area contributed by atoms with Gasteiger partial charge in [-0.3, -0.25) is 14.5 Å². The Morgan fingerprint density at radius 1 is 1.03 bits per heavy atom. The van der Waals surface area contributed by atoms with Crippen LogP contribution in [-0.4, -0.2) is 22.9 Å². The molecule has 1 heterocycles. The number of benzene rings is 3. The Labute approximate surface area is 223 Å². The van der Waals surface area contributed by atoms with Gasteiger partial charge in [-0.25, -0.2) is 0 Å². The number of ketones is 1. The molecule has 38 heavy (non-hydrogen) atoms. The lowest BCUT2D eigenvalue weighted by Crippen LogP contribution is -2.29. The van der Waals surface area contributed by atoms with Crippen molar-refractivity contribution >= 4 is 23.1 Å². The Morgan fingerprint density at radius 2 is 1.71 bits per heavy atom. The summed E-state index contributed by atoms with van der Waals surface area (Å²) in [4.78, 5) is 28.5. The quantitative estimate of drug-likeness (QED) is 0.239. The zero-order valence-electron chi connectivity index (χ0n) is 22.6. The summed E-state index contributed by atoms with van der Waals surface area (Å²) >= 11 is 0. The Balaban J connectivity index is 1.97. The number of carbonyl (C=O) groups excluding carboxylic acids is 2. The zero-order chi connectivity index (χ0) is 27.8. The predicted molar refractivity (Wildman–Crippen MR) is 148 cm³/mol. The number of hydrogen-bond donors (Lipinski definition) is 1. The third-order valence-electron chi connectivity index (χ3n) is 6.62. The second-order valence-electron chi connectivity index (χ2n) is 10.8. The fourth-order valence-corrected chi connectivity index (χ4v) is 4.63. The number of Topliss-reactive ketones (excluding diaryl/α,β-unsaturated/α-hetero) is 1. The first-order valence-electron chi connectivity index (χ1n) is 12.6. The number of nitrogens with zero attached hydrogens (tertiary/aromatic N) is 2. The Morgan fingerprint density at radius 3 is 2.32 bits per heavy atom. The van der Waals surface area contributed by atoms with Gasteiger partial charge < -0.3 is 9.84 Å². The van der Waals surface area contributed by atoms with E-state index < -0.39 is 17.7 Å². The molecule has 0 saturated carbocycles. The van der Waals surface area contributed by atoms with Crippen LogP contribution in [0.3, 0.4) is 0 Å². The summed E-state index contributed by atoms with van der Waals surface area (Å²) < 4.78 is 5.89. The minimum Gasteiger partial charge on any atom is -0.507 e. The highest BCUT2D eigenvalue weighted by Gasteiger charge is 2.47. The summed E-state index contributed by atoms with van der Waals surface area (Å²) in [5.74, 6) is -1.15. The van der Waals surface area contributed by atoms with Crippen molar-refractivity contribution in [3.8, 4) is 11.8 Å². The van der Waals surface area contributed by atoms with Gasteiger partial charge in [0.2, 0.25) is 0 Å². The number of anilines is 1. The van der Waals surface area contributed by atoms with Crippen molar-refractivity contribution in [2.45, 2.75) is 59.1 Å². The van der Waals surface area contributed by atoms with Gasteiger partial charge in [0.05, 0.1) is 29.4 Å². The summed E-state index contributed by atoms with van der Waals surface area (Å²) in [6.45, 7) is 11.9. The molecule has 3 aromatic rings. The Kier molecular flexibility index (Phi) is 7.15. The maximum absolute atomic E-state index is 13.6. The van der Waals surface area contributed by atoms with Gasteiger partial charge in [0, 0.05) is 11.3 Å². The van der Waals surface area contributed by atoms with Gasteiger partial charge in [0.15, 0.2) is 0 Å². The number of aliphatic hydroxyl groups is 1. The van der Waals surface area contributed by atoms with E-state index in [2.05, 4.69) is 26.8 Å². The molecule has 0 radical (unpaired) electrons. The van der Waals surface area contributed by atoms with Crippen LogP contribution in [-0.2, 0) is 15.0 Å². The number of hydrogen-bond acceptors (Lipinski definition) is 5. The van der Waals surface area contributed by atoms with Gasteiger partial charge in [0.1, 0.15) is 11.5 Å². The number of carbonyl (C=O) groups is 2. The summed E-state index contributed by atoms with van der Waals surface area (Å²) in [5.41, 5.74) is 3.63. The maximum Gasteiger partial charge on any atom is 0.300 e. The molecule has 0 aromatic heterocycles. The molecule has 3 aromatic carbocycles. The van der Waals surface area contributed by atoms with E-state index in [1.807, 2.05) is 51.1 Å². The molecule has 0 aliphatic carbocycles. The molecule has 194 valence electrons. The predicted octanol–water partition coefficient (Wildman–Crippen LogP) is 6.58. The maximum atomic E-state index is 13.6.